The summed E-state index contributed by atoms with van der Waals surface area (Å²) in [6.45, 7) is 3.35. The van der Waals surface area contributed by atoms with Gasteiger partial charge < -0.3 is 9.67 Å². The Morgan fingerprint density at radius 2 is 1.76 bits per heavy atom. The van der Waals surface area contributed by atoms with Crippen LogP contribution >= 0.6 is 0 Å². The van der Waals surface area contributed by atoms with Crippen molar-refractivity contribution in [3.63, 3.8) is 0 Å². The Bertz CT molecular complexity index is 1160. The highest BCUT2D eigenvalue weighted by atomic mass is 16.3. The maximum absolute atomic E-state index is 10.1. The van der Waals surface area contributed by atoms with Gasteiger partial charge in [-0.1, -0.05) is 30.3 Å². The summed E-state index contributed by atoms with van der Waals surface area (Å²) in [5, 5.41) is 10.1. The maximum Gasteiger partial charge on any atom is 0.161 e. The van der Waals surface area contributed by atoms with E-state index in [0.29, 0.717) is 5.82 Å². The van der Waals surface area contributed by atoms with Gasteiger partial charge in [-0.3, -0.25) is 0 Å². The normalized spacial score (nSPS) is 16.7. The van der Waals surface area contributed by atoms with Crippen molar-refractivity contribution in [1.29, 1.82) is 0 Å². The molecule has 1 N–H and O–H groups in total. The zero-order chi connectivity index (χ0) is 20.0. The molecule has 1 aromatic carbocycles. The number of hydrogen-bond donors (Lipinski definition) is 1. The SMILES string of the molecule is CC(C)(O)c1ncc(-c2ccc3nc4n(c3n2)C(c2ccccc2)CCC4)cn1. The monoisotopic (exact) mass is 385 g/mol. The summed E-state index contributed by atoms with van der Waals surface area (Å²) in [5.41, 5.74) is 3.67. The number of aromatic nitrogens is 5. The van der Waals surface area contributed by atoms with Crippen molar-refractivity contribution >= 4 is 11.2 Å². The van der Waals surface area contributed by atoms with Crippen molar-refractivity contribution < 1.29 is 5.11 Å². The topological polar surface area (TPSA) is 76.7 Å². The third-order valence-electron chi connectivity index (χ3n) is 5.48. The van der Waals surface area contributed by atoms with E-state index in [1.54, 1.807) is 26.2 Å². The maximum atomic E-state index is 10.1. The second kappa shape index (κ2) is 6.74. The molecule has 0 amide bonds. The van der Waals surface area contributed by atoms with Crippen LogP contribution in [0.2, 0.25) is 0 Å². The van der Waals surface area contributed by atoms with Crippen LogP contribution in [0.5, 0.6) is 0 Å². The molecule has 0 spiro atoms. The van der Waals surface area contributed by atoms with E-state index in [2.05, 4.69) is 38.8 Å². The van der Waals surface area contributed by atoms with Gasteiger partial charge in [0.2, 0.25) is 0 Å². The van der Waals surface area contributed by atoms with E-state index in [0.717, 1.165) is 47.5 Å². The quantitative estimate of drug-likeness (QED) is 0.576. The summed E-state index contributed by atoms with van der Waals surface area (Å²) < 4.78 is 2.30. The minimum absolute atomic E-state index is 0.251. The van der Waals surface area contributed by atoms with Gasteiger partial charge in [0.25, 0.3) is 0 Å². The van der Waals surface area contributed by atoms with Gasteiger partial charge in [-0.05, 0) is 44.4 Å². The molecule has 29 heavy (non-hydrogen) atoms. The average molecular weight is 385 g/mol. The molecule has 3 aromatic heterocycles. The molecule has 0 radical (unpaired) electrons. The second-order valence-corrected chi connectivity index (χ2v) is 8.11. The molecule has 0 saturated heterocycles. The third-order valence-corrected chi connectivity index (χ3v) is 5.48. The molecule has 0 aliphatic carbocycles. The fourth-order valence-electron chi connectivity index (χ4n) is 4.04. The molecule has 1 aliphatic rings. The molecule has 4 heterocycles. The smallest absolute Gasteiger partial charge is 0.161 e. The van der Waals surface area contributed by atoms with Crippen LogP contribution in [-0.2, 0) is 12.0 Å². The van der Waals surface area contributed by atoms with Gasteiger partial charge in [0.1, 0.15) is 16.9 Å². The molecule has 4 aromatic rings. The molecular formula is C23H23N5O. The molecule has 146 valence electrons. The molecule has 1 aliphatic heterocycles. The van der Waals surface area contributed by atoms with E-state index in [-0.39, 0.29) is 6.04 Å². The van der Waals surface area contributed by atoms with Gasteiger partial charge in [0.15, 0.2) is 11.5 Å². The summed E-state index contributed by atoms with van der Waals surface area (Å²) in [5.74, 6) is 1.49. The molecule has 6 nitrogen and oxygen atoms in total. The van der Waals surface area contributed by atoms with E-state index in [4.69, 9.17) is 9.97 Å². The molecule has 1 unspecified atom stereocenters. The molecule has 0 saturated carbocycles. The minimum atomic E-state index is -1.07. The summed E-state index contributed by atoms with van der Waals surface area (Å²) in [6.07, 6.45) is 6.62. The first-order chi connectivity index (χ1) is 14.0. The highest BCUT2D eigenvalue weighted by molar-refractivity contribution is 5.76. The van der Waals surface area contributed by atoms with Crippen molar-refractivity contribution in [1.82, 2.24) is 24.5 Å². The van der Waals surface area contributed by atoms with Crippen molar-refractivity contribution in [2.45, 2.75) is 44.8 Å². The predicted octanol–water partition coefficient (Wildman–Crippen LogP) is 4.04. The summed E-state index contributed by atoms with van der Waals surface area (Å²) in [7, 11) is 0. The fourth-order valence-corrected chi connectivity index (χ4v) is 4.04. The lowest BCUT2D eigenvalue weighted by molar-refractivity contribution is 0.0687. The van der Waals surface area contributed by atoms with Gasteiger partial charge >= 0.3 is 0 Å². The molecule has 0 fully saturated rings. The number of aryl methyl sites for hydroxylation is 1. The lowest BCUT2D eigenvalue weighted by Gasteiger charge is -2.26. The third kappa shape index (κ3) is 3.19. The van der Waals surface area contributed by atoms with Gasteiger partial charge in [-0.2, -0.15) is 0 Å². The van der Waals surface area contributed by atoms with Gasteiger partial charge in [-0.25, -0.2) is 19.9 Å². The van der Waals surface area contributed by atoms with Gasteiger partial charge in [0, 0.05) is 24.4 Å². The van der Waals surface area contributed by atoms with E-state index in [9.17, 15) is 5.11 Å². The van der Waals surface area contributed by atoms with Crippen LogP contribution in [0.4, 0.5) is 0 Å². The predicted molar refractivity (Wildman–Crippen MR) is 111 cm³/mol. The first kappa shape index (κ1) is 17.9. The van der Waals surface area contributed by atoms with Crippen molar-refractivity contribution in [2.75, 3.05) is 0 Å². The summed E-state index contributed by atoms with van der Waals surface area (Å²) >= 11 is 0. The zero-order valence-electron chi connectivity index (χ0n) is 16.6. The lowest BCUT2D eigenvalue weighted by atomic mass is 9.97. The van der Waals surface area contributed by atoms with E-state index in [1.165, 1.54) is 5.56 Å². The van der Waals surface area contributed by atoms with Gasteiger partial charge in [-0.15, -0.1) is 0 Å². The molecule has 5 rings (SSSR count). The number of fused-ring (bicyclic) bond motifs is 3. The first-order valence-electron chi connectivity index (χ1n) is 9.99. The van der Waals surface area contributed by atoms with Crippen LogP contribution in [0.3, 0.4) is 0 Å². The van der Waals surface area contributed by atoms with Crippen LogP contribution in [-0.4, -0.2) is 29.6 Å². The largest absolute Gasteiger partial charge is 0.382 e. The van der Waals surface area contributed by atoms with Crippen LogP contribution in [0.1, 0.15) is 49.9 Å². The van der Waals surface area contributed by atoms with E-state index >= 15 is 0 Å². The Kier molecular flexibility index (Phi) is 4.17. The van der Waals surface area contributed by atoms with Gasteiger partial charge in [0.05, 0.1) is 11.7 Å². The number of hydrogen-bond acceptors (Lipinski definition) is 5. The van der Waals surface area contributed by atoms with Crippen LogP contribution in [0, 0.1) is 0 Å². The van der Waals surface area contributed by atoms with E-state index in [1.807, 2.05) is 18.2 Å². The average Bonchev–Trinajstić information content (AvgIpc) is 3.12. The summed E-state index contributed by atoms with van der Waals surface area (Å²) in [6, 6.07) is 14.8. The minimum Gasteiger partial charge on any atom is -0.382 e. The van der Waals surface area contributed by atoms with E-state index < -0.39 is 5.60 Å². The van der Waals surface area contributed by atoms with Crippen LogP contribution in [0.25, 0.3) is 22.4 Å². The number of rotatable bonds is 3. The molecule has 6 heteroatoms. The Hall–Kier alpha value is -3.12. The lowest BCUT2D eigenvalue weighted by Crippen LogP contribution is -2.19. The fraction of sp³-hybridized carbons (Fsp3) is 0.304. The second-order valence-electron chi connectivity index (χ2n) is 8.11. The Morgan fingerprint density at radius 1 is 1.00 bits per heavy atom. The Labute approximate surface area is 169 Å². The zero-order valence-corrected chi connectivity index (χ0v) is 16.6. The van der Waals surface area contributed by atoms with Crippen LogP contribution in [0.15, 0.2) is 54.9 Å². The number of nitrogens with zero attached hydrogens (tertiary/aromatic N) is 5. The molecular weight excluding hydrogens is 362 g/mol. The molecule has 0 bridgehead atoms. The van der Waals surface area contributed by atoms with Crippen LogP contribution < -0.4 is 0 Å². The molecule has 1 atom stereocenters. The van der Waals surface area contributed by atoms with Crippen molar-refractivity contribution in [3.8, 4) is 11.3 Å². The Morgan fingerprint density at radius 3 is 2.48 bits per heavy atom. The Balaban J connectivity index is 1.61. The highest BCUT2D eigenvalue weighted by Gasteiger charge is 2.26. The van der Waals surface area contributed by atoms with Crippen molar-refractivity contribution in [3.05, 3.63) is 72.1 Å². The number of benzene rings is 1. The van der Waals surface area contributed by atoms with Crippen molar-refractivity contribution in [2.24, 2.45) is 0 Å². The highest BCUT2D eigenvalue weighted by Crippen LogP contribution is 2.34. The summed E-state index contributed by atoms with van der Waals surface area (Å²) in [4.78, 5) is 18.4. The first-order valence-corrected chi connectivity index (χ1v) is 9.99. The number of imidazole rings is 1. The standard InChI is InChI=1S/C23H23N5O/c1-23(2,29)22-24-13-16(14-25-22)17-11-12-18-21(27-17)28-19(9-6-10-20(28)26-18)15-7-4-3-5-8-15/h3-5,7-8,11-14,19,29H,6,9-10H2,1-2H3. The number of aliphatic hydroxyl groups is 1. The number of pyridine rings is 1.